The van der Waals surface area contributed by atoms with E-state index < -0.39 is 0 Å². The van der Waals surface area contributed by atoms with Gasteiger partial charge in [-0.25, -0.2) is 0 Å². The quantitative estimate of drug-likeness (QED) is 0.706. The third-order valence-electron chi connectivity index (χ3n) is 2.11. The average Bonchev–Trinajstić information content (AvgIpc) is 2.41. The maximum Gasteiger partial charge on any atom is 0.0641 e. The van der Waals surface area contributed by atoms with E-state index in [9.17, 15) is 0 Å². The van der Waals surface area contributed by atoms with Crippen LogP contribution in [0.2, 0.25) is 0 Å². The summed E-state index contributed by atoms with van der Waals surface area (Å²) in [7, 11) is 1.93. The van der Waals surface area contributed by atoms with E-state index in [-0.39, 0.29) is 6.04 Å². The molecule has 0 radical (unpaired) electrons. The van der Waals surface area contributed by atoms with E-state index in [1.807, 2.05) is 24.9 Å². The molecule has 0 fully saturated rings. The predicted molar refractivity (Wildman–Crippen MR) is 53.4 cm³/mol. The number of likely N-dealkylation sites (N-methyl/N-ethyl adjacent to an activating group) is 1. The Bertz CT molecular complexity index is 267. The molecular weight excluding hydrogens is 164 g/mol. The minimum absolute atomic E-state index is 0.235. The van der Waals surface area contributed by atoms with Crippen molar-refractivity contribution in [1.82, 2.24) is 15.1 Å². The molecule has 4 heteroatoms. The first-order chi connectivity index (χ1) is 6.19. The lowest BCUT2D eigenvalue weighted by atomic mass is 10.1. The predicted octanol–water partition coefficient (Wildman–Crippen LogP) is 0.338. The van der Waals surface area contributed by atoms with Crippen molar-refractivity contribution < 1.29 is 0 Å². The van der Waals surface area contributed by atoms with Crippen molar-refractivity contribution in [3.63, 3.8) is 0 Å². The fourth-order valence-corrected chi connectivity index (χ4v) is 1.53. The minimum Gasteiger partial charge on any atom is -0.329 e. The molecule has 0 saturated carbocycles. The third-order valence-corrected chi connectivity index (χ3v) is 2.11. The normalized spacial score (nSPS) is 13.2. The van der Waals surface area contributed by atoms with Crippen LogP contribution in [0.1, 0.15) is 24.2 Å². The van der Waals surface area contributed by atoms with E-state index in [1.54, 1.807) is 0 Å². The van der Waals surface area contributed by atoms with Crippen molar-refractivity contribution in [2.24, 2.45) is 12.8 Å². The second-order valence-corrected chi connectivity index (χ2v) is 3.19. The highest BCUT2D eigenvalue weighted by atomic mass is 15.3. The van der Waals surface area contributed by atoms with E-state index in [0.717, 1.165) is 12.2 Å². The van der Waals surface area contributed by atoms with Gasteiger partial charge in [0, 0.05) is 31.4 Å². The molecule has 1 rings (SSSR count). The van der Waals surface area contributed by atoms with Crippen molar-refractivity contribution in [3.05, 3.63) is 17.5 Å². The number of nitrogens with zero attached hydrogens (tertiary/aromatic N) is 2. The molecule has 0 saturated heterocycles. The second-order valence-electron chi connectivity index (χ2n) is 3.19. The molecule has 1 unspecified atom stereocenters. The summed E-state index contributed by atoms with van der Waals surface area (Å²) in [5.74, 6) is 0. The number of nitrogens with two attached hydrogens (primary N) is 1. The van der Waals surface area contributed by atoms with Crippen LogP contribution >= 0.6 is 0 Å². The topological polar surface area (TPSA) is 55.9 Å². The Morgan fingerprint density at radius 2 is 2.38 bits per heavy atom. The van der Waals surface area contributed by atoms with Gasteiger partial charge in [0.05, 0.1) is 5.69 Å². The standard InChI is InChI=1S/C9H18N4/c1-4-11-9(5-10)8-6-13(3)12-7(8)2/h6,9,11H,4-5,10H2,1-3H3. The van der Waals surface area contributed by atoms with Gasteiger partial charge >= 0.3 is 0 Å². The van der Waals surface area contributed by atoms with E-state index in [4.69, 9.17) is 5.73 Å². The molecule has 0 aliphatic rings. The zero-order chi connectivity index (χ0) is 9.84. The van der Waals surface area contributed by atoms with Crippen LogP contribution < -0.4 is 11.1 Å². The zero-order valence-corrected chi connectivity index (χ0v) is 8.54. The maximum absolute atomic E-state index is 5.67. The number of hydrogen-bond acceptors (Lipinski definition) is 3. The summed E-state index contributed by atoms with van der Waals surface area (Å²) in [5, 5.41) is 7.61. The molecule has 1 heterocycles. The molecule has 4 nitrogen and oxygen atoms in total. The van der Waals surface area contributed by atoms with Crippen molar-refractivity contribution in [1.29, 1.82) is 0 Å². The van der Waals surface area contributed by atoms with Gasteiger partial charge in [-0.05, 0) is 13.5 Å². The SMILES string of the molecule is CCNC(CN)c1cn(C)nc1C. The van der Waals surface area contributed by atoms with Gasteiger partial charge in [-0.1, -0.05) is 6.92 Å². The first-order valence-corrected chi connectivity index (χ1v) is 4.62. The van der Waals surface area contributed by atoms with E-state index in [2.05, 4.69) is 17.3 Å². The van der Waals surface area contributed by atoms with Gasteiger partial charge in [-0.15, -0.1) is 0 Å². The highest BCUT2D eigenvalue weighted by Crippen LogP contribution is 2.14. The number of hydrogen-bond donors (Lipinski definition) is 2. The number of aryl methyl sites for hydroxylation is 2. The monoisotopic (exact) mass is 182 g/mol. The Kier molecular flexibility index (Phi) is 3.45. The highest BCUT2D eigenvalue weighted by molar-refractivity contribution is 5.20. The molecule has 0 aliphatic heterocycles. The second kappa shape index (κ2) is 4.39. The largest absolute Gasteiger partial charge is 0.329 e. The number of nitrogens with one attached hydrogen (secondary N) is 1. The van der Waals surface area contributed by atoms with Crippen LogP contribution in [0.15, 0.2) is 6.20 Å². The average molecular weight is 182 g/mol. The minimum atomic E-state index is 0.235. The summed E-state index contributed by atoms with van der Waals surface area (Å²) < 4.78 is 1.82. The lowest BCUT2D eigenvalue weighted by Crippen LogP contribution is -2.28. The van der Waals surface area contributed by atoms with Gasteiger partial charge in [0.15, 0.2) is 0 Å². The van der Waals surface area contributed by atoms with Crippen molar-refractivity contribution in [2.75, 3.05) is 13.1 Å². The van der Waals surface area contributed by atoms with Gasteiger partial charge < -0.3 is 11.1 Å². The van der Waals surface area contributed by atoms with Gasteiger partial charge in [0.2, 0.25) is 0 Å². The first-order valence-electron chi connectivity index (χ1n) is 4.62. The Morgan fingerprint density at radius 3 is 2.77 bits per heavy atom. The number of aromatic nitrogens is 2. The molecule has 1 aromatic rings. The summed E-state index contributed by atoms with van der Waals surface area (Å²) in [4.78, 5) is 0. The molecular formula is C9H18N4. The van der Waals surface area contributed by atoms with Crippen molar-refractivity contribution in [2.45, 2.75) is 19.9 Å². The molecule has 0 aliphatic carbocycles. The summed E-state index contributed by atoms with van der Waals surface area (Å²) >= 11 is 0. The molecule has 74 valence electrons. The van der Waals surface area contributed by atoms with E-state index in [0.29, 0.717) is 6.54 Å². The molecule has 0 aromatic carbocycles. The maximum atomic E-state index is 5.67. The molecule has 0 amide bonds. The van der Waals surface area contributed by atoms with Crippen LogP contribution in [-0.2, 0) is 7.05 Å². The Labute approximate surface area is 79.1 Å². The van der Waals surface area contributed by atoms with Gasteiger partial charge in [0.1, 0.15) is 0 Å². The molecule has 0 bridgehead atoms. The van der Waals surface area contributed by atoms with Crippen molar-refractivity contribution >= 4 is 0 Å². The van der Waals surface area contributed by atoms with Gasteiger partial charge in [0.25, 0.3) is 0 Å². The van der Waals surface area contributed by atoms with Crippen LogP contribution in [0.4, 0.5) is 0 Å². The number of rotatable bonds is 4. The fourth-order valence-electron chi connectivity index (χ4n) is 1.53. The molecule has 0 spiro atoms. The molecule has 3 N–H and O–H groups in total. The van der Waals surface area contributed by atoms with Crippen LogP contribution in [0.3, 0.4) is 0 Å². The fraction of sp³-hybridized carbons (Fsp3) is 0.667. The first kappa shape index (κ1) is 10.2. The zero-order valence-electron chi connectivity index (χ0n) is 8.54. The summed E-state index contributed by atoms with van der Waals surface area (Å²) in [5.41, 5.74) is 7.92. The highest BCUT2D eigenvalue weighted by Gasteiger charge is 2.13. The summed E-state index contributed by atoms with van der Waals surface area (Å²) in [6.45, 7) is 5.63. The lowest BCUT2D eigenvalue weighted by Gasteiger charge is -2.14. The van der Waals surface area contributed by atoms with Gasteiger partial charge in [-0.2, -0.15) is 5.10 Å². The molecule has 1 atom stereocenters. The van der Waals surface area contributed by atoms with Crippen molar-refractivity contribution in [3.8, 4) is 0 Å². The smallest absolute Gasteiger partial charge is 0.0641 e. The lowest BCUT2D eigenvalue weighted by molar-refractivity contribution is 0.559. The Morgan fingerprint density at radius 1 is 1.69 bits per heavy atom. The van der Waals surface area contributed by atoms with E-state index >= 15 is 0 Å². The Hall–Kier alpha value is -0.870. The van der Waals surface area contributed by atoms with Crippen LogP contribution in [0, 0.1) is 6.92 Å². The Balaban J connectivity index is 2.83. The van der Waals surface area contributed by atoms with E-state index in [1.165, 1.54) is 5.56 Å². The van der Waals surface area contributed by atoms with Crippen LogP contribution in [0.5, 0.6) is 0 Å². The third kappa shape index (κ3) is 2.29. The molecule has 1 aromatic heterocycles. The molecule has 13 heavy (non-hydrogen) atoms. The van der Waals surface area contributed by atoms with Crippen LogP contribution in [-0.4, -0.2) is 22.9 Å². The van der Waals surface area contributed by atoms with Crippen LogP contribution in [0.25, 0.3) is 0 Å². The summed E-state index contributed by atoms with van der Waals surface area (Å²) in [6.07, 6.45) is 2.02. The van der Waals surface area contributed by atoms with Gasteiger partial charge in [-0.3, -0.25) is 4.68 Å². The summed E-state index contributed by atoms with van der Waals surface area (Å²) in [6, 6.07) is 0.235.